The molecule has 9 rings (SSSR count). The van der Waals surface area contributed by atoms with Crippen molar-refractivity contribution in [1.29, 1.82) is 0 Å². The SMILES string of the molecule is CC1(C)CCC(c2ccc(Cl)cc2)=C(CN2CCN(c3ccc(C(=O)NS(=O)(=O)c4ccc(N[C@H](CCN5CCN(Cc6ccc(C7CCC(=O)NC7=O)cn6)CC5)CSc5ccccc5)c(S(=O)(=O)C(F)(F)F)c4)cc3)CC2)C1. The summed E-state index contributed by atoms with van der Waals surface area (Å²) in [5.74, 6) is -1.74. The first-order valence-corrected chi connectivity index (χ1v) is 31.2. The van der Waals surface area contributed by atoms with Gasteiger partial charge in [-0.15, -0.1) is 11.8 Å². The third kappa shape index (κ3) is 14.8. The van der Waals surface area contributed by atoms with Crippen molar-refractivity contribution in [3.05, 3.63) is 148 Å². The number of thioether (sulfide) groups is 1. The lowest BCUT2D eigenvalue weighted by Gasteiger charge is -2.39. The summed E-state index contributed by atoms with van der Waals surface area (Å²) in [7, 11) is -11.0. The molecule has 1 unspecified atom stereocenters. The zero-order valence-corrected chi connectivity index (χ0v) is 47.9. The van der Waals surface area contributed by atoms with Gasteiger partial charge in [0.25, 0.3) is 25.8 Å². The first-order valence-electron chi connectivity index (χ1n) is 26.8. The first kappa shape index (κ1) is 58.8. The fourth-order valence-corrected chi connectivity index (χ4v) is 14.0. The van der Waals surface area contributed by atoms with E-state index in [-0.39, 0.29) is 29.2 Å². The van der Waals surface area contributed by atoms with Gasteiger partial charge in [-0.05, 0) is 127 Å². The lowest BCUT2D eigenvalue weighted by Crippen LogP contribution is -2.47. The molecule has 15 nitrogen and oxygen atoms in total. The lowest BCUT2D eigenvalue weighted by molar-refractivity contribution is -0.134. The number of hydrogen-bond donors (Lipinski definition) is 3. The van der Waals surface area contributed by atoms with Crippen LogP contribution in [0.3, 0.4) is 0 Å². The van der Waals surface area contributed by atoms with Gasteiger partial charge < -0.3 is 15.1 Å². The molecule has 5 aromatic rings. The molecular formula is C58H66ClF3N8O7S3. The molecule has 4 heterocycles. The van der Waals surface area contributed by atoms with E-state index in [4.69, 9.17) is 11.6 Å². The summed E-state index contributed by atoms with van der Waals surface area (Å²) in [5.41, 5.74) is 0.415. The average Bonchev–Trinajstić information content (AvgIpc) is 3.44. The highest BCUT2D eigenvalue weighted by atomic mass is 35.5. The van der Waals surface area contributed by atoms with Crippen LogP contribution < -0.4 is 20.3 Å². The Bertz CT molecular complexity index is 3280. The second-order valence-electron chi connectivity index (χ2n) is 21.7. The number of carbonyl (C=O) groups excluding carboxylic acids is 3. The summed E-state index contributed by atoms with van der Waals surface area (Å²) in [6.07, 6.45) is 5.91. The zero-order valence-electron chi connectivity index (χ0n) is 44.7. The van der Waals surface area contributed by atoms with E-state index in [1.54, 1.807) is 18.3 Å². The van der Waals surface area contributed by atoms with Crippen molar-refractivity contribution in [2.45, 2.75) is 91.1 Å². The van der Waals surface area contributed by atoms with Crippen LogP contribution in [0.2, 0.25) is 5.02 Å². The molecule has 426 valence electrons. The number of benzene rings is 4. The van der Waals surface area contributed by atoms with Gasteiger partial charge in [0, 0.05) is 118 Å². The van der Waals surface area contributed by atoms with E-state index >= 15 is 0 Å². The van der Waals surface area contributed by atoms with Gasteiger partial charge in [0.15, 0.2) is 0 Å². The van der Waals surface area contributed by atoms with Gasteiger partial charge in [0.05, 0.1) is 22.2 Å². The van der Waals surface area contributed by atoms with Crippen LogP contribution in [0.5, 0.6) is 0 Å². The molecule has 3 N–H and O–H groups in total. The van der Waals surface area contributed by atoms with Crippen molar-refractivity contribution >= 4 is 77.9 Å². The van der Waals surface area contributed by atoms with E-state index in [1.807, 2.05) is 59.3 Å². The summed E-state index contributed by atoms with van der Waals surface area (Å²) in [6.45, 7) is 12.4. The highest BCUT2D eigenvalue weighted by molar-refractivity contribution is 7.99. The number of halogens is 4. The minimum atomic E-state index is -6.12. The van der Waals surface area contributed by atoms with Crippen molar-refractivity contribution in [2.24, 2.45) is 5.41 Å². The zero-order chi connectivity index (χ0) is 56.8. The van der Waals surface area contributed by atoms with Gasteiger partial charge in [-0.2, -0.15) is 13.2 Å². The molecule has 4 aliphatic rings. The van der Waals surface area contributed by atoms with E-state index in [9.17, 15) is 44.4 Å². The Hall–Kier alpha value is -5.81. The van der Waals surface area contributed by atoms with Crippen LogP contribution in [0.4, 0.5) is 24.5 Å². The van der Waals surface area contributed by atoms with Crippen LogP contribution in [0.1, 0.15) is 85.5 Å². The number of hydrogen-bond acceptors (Lipinski definition) is 14. The van der Waals surface area contributed by atoms with Gasteiger partial charge >= 0.3 is 5.51 Å². The highest BCUT2D eigenvalue weighted by Crippen LogP contribution is 2.43. The number of nitrogens with one attached hydrogen (secondary N) is 3. The molecule has 0 saturated carbocycles. The Kier molecular flexibility index (Phi) is 18.5. The van der Waals surface area contributed by atoms with Crippen LogP contribution in [-0.2, 0) is 36.0 Å². The van der Waals surface area contributed by atoms with Gasteiger partial charge in [0.1, 0.15) is 4.90 Å². The van der Waals surface area contributed by atoms with E-state index in [0.717, 1.165) is 86.0 Å². The van der Waals surface area contributed by atoms with Gasteiger partial charge in [-0.25, -0.2) is 21.6 Å². The Morgan fingerprint density at radius 2 is 1.50 bits per heavy atom. The van der Waals surface area contributed by atoms with Crippen LogP contribution >= 0.6 is 23.4 Å². The second kappa shape index (κ2) is 25.1. The molecule has 1 aliphatic carbocycles. The molecule has 3 fully saturated rings. The maximum atomic E-state index is 14.4. The minimum Gasteiger partial charge on any atom is -0.380 e. The Morgan fingerprint density at radius 1 is 0.825 bits per heavy atom. The Morgan fingerprint density at radius 3 is 2.16 bits per heavy atom. The van der Waals surface area contributed by atoms with Crippen molar-refractivity contribution in [3.8, 4) is 0 Å². The number of anilines is 2. The number of carbonyl (C=O) groups is 3. The number of piperidine rings is 1. The number of piperazine rings is 2. The fraction of sp³-hybridized carbons (Fsp3) is 0.414. The number of alkyl halides is 3. The Balaban J connectivity index is 0.826. The molecule has 0 spiro atoms. The first-order chi connectivity index (χ1) is 38.1. The van der Waals surface area contributed by atoms with Crippen LogP contribution in [0.15, 0.2) is 136 Å². The summed E-state index contributed by atoms with van der Waals surface area (Å²) in [4.78, 5) is 49.9. The molecule has 3 aliphatic heterocycles. The number of rotatable bonds is 19. The van der Waals surface area contributed by atoms with Crippen molar-refractivity contribution in [1.82, 2.24) is 29.7 Å². The predicted octanol–water partition coefficient (Wildman–Crippen LogP) is 9.23. The van der Waals surface area contributed by atoms with E-state index in [0.29, 0.717) is 69.0 Å². The molecular weight excluding hydrogens is 1110 g/mol. The Labute approximate surface area is 475 Å². The number of imide groups is 1. The van der Waals surface area contributed by atoms with Gasteiger partial charge in [0.2, 0.25) is 11.8 Å². The maximum absolute atomic E-state index is 14.4. The van der Waals surface area contributed by atoms with E-state index in [1.165, 1.54) is 40.6 Å². The van der Waals surface area contributed by atoms with Crippen molar-refractivity contribution in [3.63, 3.8) is 0 Å². The topological polar surface area (TPSA) is 181 Å². The molecule has 3 amide bonds. The molecule has 0 bridgehead atoms. The van der Waals surface area contributed by atoms with Gasteiger partial charge in [-0.3, -0.25) is 34.5 Å². The molecule has 22 heteroatoms. The molecule has 3 saturated heterocycles. The third-order valence-corrected chi connectivity index (χ3v) is 19.7. The molecule has 0 radical (unpaired) electrons. The monoisotopic (exact) mass is 1170 g/mol. The second-order valence-corrected chi connectivity index (χ2v) is 26.9. The van der Waals surface area contributed by atoms with Crippen molar-refractivity contribution < 1.29 is 44.4 Å². The fourth-order valence-electron chi connectivity index (χ4n) is 10.8. The minimum absolute atomic E-state index is 0.0190. The summed E-state index contributed by atoms with van der Waals surface area (Å²) >= 11 is 7.64. The van der Waals surface area contributed by atoms with E-state index in [2.05, 4.69) is 61.2 Å². The average molecular weight is 1180 g/mol. The number of allylic oxidation sites excluding steroid dienone is 1. The molecule has 2 atom stereocenters. The standard InChI is InChI=1S/C58H66ClF3N8O7S3/c1-57(2)24-22-50(40-8-13-44(59)14-9-40)43(35-57)37-68-30-32-70(33-31-68)47-16-11-41(12-17-47)55(72)66-80(76,77)49-18-20-52(53(34-49)79(74,75)58(60,61)62)64-46(39-78-48-6-4-3-5-7-48)23-25-67-26-28-69(29-27-67)38-45-15-10-42(36-63-45)51-19-21-54(71)65-56(51)73/h3-18,20,34,36,46,51,64H,19,21-33,35,37-39H2,1-2H3,(H,66,72)(H,65,71,73)/t46-,51?/m1/s1. The lowest BCUT2D eigenvalue weighted by atomic mass is 9.73. The number of aromatic nitrogens is 1. The van der Waals surface area contributed by atoms with Crippen LogP contribution in [-0.4, -0.2) is 137 Å². The van der Waals surface area contributed by atoms with E-state index < -0.39 is 58.7 Å². The number of sulfone groups is 1. The highest BCUT2D eigenvalue weighted by Gasteiger charge is 2.48. The van der Waals surface area contributed by atoms with Crippen LogP contribution in [0.25, 0.3) is 5.57 Å². The molecule has 1 aromatic heterocycles. The largest absolute Gasteiger partial charge is 0.501 e. The number of nitrogens with zero attached hydrogens (tertiary/aromatic N) is 5. The predicted molar refractivity (Wildman–Crippen MR) is 306 cm³/mol. The van der Waals surface area contributed by atoms with Gasteiger partial charge in [-0.1, -0.05) is 67.4 Å². The quantitative estimate of drug-likeness (QED) is 0.0526. The third-order valence-electron chi connectivity index (χ3n) is 15.4. The van der Waals surface area contributed by atoms with Crippen molar-refractivity contribution in [2.75, 3.05) is 81.4 Å². The maximum Gasteiger partial charge on any atom is 0.501 e. The normalized spacial score (nSPS) is 19.4. The number of amides is 3. The summed E-state index contributed by atoms with van der Waals surface area (Å²) < 4.78 is 99.4. The number of pyridine rings is 1. The smallest absolute Gasteiger partial charge is 0.380 e. The molecule has 80 heavy (non-hydrogen) atoms. The summed E-state index contributed by atoms with van der Waals surface area (Å²) in [5, 5.41) is 6.13. The summed E-state index contributed by atoms with van der Waals surface area (Å²) in [6, 6.07) is 29.4. The number of sulfonamides is 1. The van der Waals surface area contributed by atoms with Crippen LogP contribution in [0, 0.1) is 5.41 Å². The molecule has 4 aromatic carbocycles.